The van der Waals surface area contributed by atoms with Crippen LogP contribution in [0, 0.1) is 0 Å². The van der Waals surface area contributed by atoms with Gasteiger partial charge in [-0.15, -0.1) is 38.2 Å². The van der Waals surface area contributed by atoms with Crippen molar-refractivity contribution in [1.82, 2.24) is 25.3 Å². The lowest BCUT2D eigenvalue weighted by atomic mass is 10.6. The van der Waals surface area contributed by atoms with E-state index in [0.717, 1.165) is 10.8 Å². The molecular formula is C6H6ClN5S. The van der Waals surface area contributed by atoms with E-state index in [9.17, 15) is 0 Å². The summed E-state index contributed by atoms with van der Waals surface area (Å²) in [5, 5.41) is 16.0. The molecule has 0 N–H and O–H groups in total. The summed E-state index contributed by atoms with van der Waals surface area (Å²) < 4.78 is 1.40. The van der Waals surface area contributed by atoms with Crippen LogP contribution in [0.2, 0.25) is 0 Å². The van der Waals surface area contributed by atoms with Gasteiger partial charge in [0.1, 0.15) is 5.03 Å². The normalized spacial score (nSPS) is 10.8. The van der Waals surface area contributed by atoms with E-state index < -0.39 is 0 Å². The lowest BCUT2D eigenvalue weighted by Gasteiger charge is -1.96. The molecule has 0 amide bonds. The van der Waals surface area contributed by atoms with Crippen molar-refractivity contribution in [2.75, 3.05) is 11.6 Å². The third kappa shape index (κ3) is 1.89. The molecule has 0 fully saturated rings. The molecule has 2 heterocycles. The summed E-state index contributed by atoms with van der Waals surface area (Å²) in [4.78, 5) is 0. The van der Waals surface area contributed by atoms with Crippen molar-refractivity contribution in [3.8, 4) is 0 Å². The Hall–Kier alpha value is -0.880. The van der Waals surface area contributed by atoms with Gasteiger partial charge in [0.25, 0.3) is 0 Å². The first-order valence-corrected chi connectivity index (χ1v) is 5.16. The Balaban J connectivity index is 2.26. The molecule has 5 nitrogen and oxygen atoms in total. The fourth-order valence-corrected chi connectivity index (χ4v) is 1.67. The topological polar surface area (TPSA) is 56.0 Å². The molecule has 2 aromatic heterocycles. The molecule has 0 aliphatic heterocycles. The second-order valence-corrected chi connectivity index (χ2v) is 3.73. The van der Waals surface area contributed by atoms with Gasteiger partial charge in [0, 0.05) is 11.6 Å². The Morgan fingerprint density at radius 3 is 3.23 bits per heavy atom. The number of fused-ring (bicyclic) bond motifs is 1. The Kier molecular flexibility index (Phi) is 2.60. The zero-order valence-electron chi connectivity index (χ0n) is 6.59. The molecule has 0 unspecified atom stereocenters. The fourth-order valence-electron chi connectivity index (χ4n) is 0.853. The van der Waals surface area contributed by atoms with Gasteiger partial charge in [0.15, 0.2) is 5.65 Å². The van der Waals surface area contributed by atoms with Gasteiger partial charge in [-0.1, -0.05) is 0 Å². The number of thioether (sulfide) groups is 1. The minimum atomic E-state index is 0.611. The van der Waals surface area contributed by atoms with Gasteiger partial charge in [-0.25, -0.2) is 0 Å². The molecular weight excluding hydrogens is 210 g/mol. The average Bonchev–Trinajstić information content (AvgIpc) is 2.61. The zero-order valence-corrected chi connectivity index (χ0v) is 8.16. The van der Waals surface area contributed by atoms with Crippen molar-refractivity contribution in [2.24, 2.45) is 0 Å². The van der Waals surface area contributed by atoms with Gasteiger partial charge < -0.3 is 0 Å². The van der Waals surface area contributed by atoms with Crippen LogP contribution in [0.4, 0.5) is 0 Å². The molecule has 2 rings (SSSR count). The first kappa shape index (κ1) is 8.71. The fraction of sp³-hybridized carbons (Fsp3) is 0.333. The highest BCUT2D eigenvalue weighted by molar-refractivity contribution is 7.99. The monoisotopic (exact) mass is 215 g/mol. The largest absolute Gasteiger partial charge is 0.200 e. The minimum absolute atomic E-state index is 0.611. The van der Waals surface area contributed by atoms with Gasteiger partial charge in [0.05, 0.1) is 0 Å². The number of hydrogen-bond donors (Lipinski definition) is 0. The van der Waals surface area contributed by atoms with Crippen LogP contribution in [0.3, 0.4) is 0 Å². The maximum atomic E-state index is 5.55. The molecule has 0 aliphatic carbocycles. The van der Waals surface area contributed by atoms with Gasteiger partial charge in [-0.3, -0.25) is 0 Å². The van der Waals surface area contributed by atoms with E-state index >= 15 is 0 Å². The number of hydrogen-bond acceptors (Lipinski definition) is 5. The lowest BCUT2D eigenvalue weighted by Crippen LogP contribution is -1.95. The summed E-state index contributed by atoms with van der Waals surface area (Å²) in [7, 11) is 0. The minimum Gasteiger partial charge on any atom is -0.140 e. The molecule has 0 aliphatic rings. The highest BCUT2D eigenvalue weighted by Crippen LogP contribution is 2.14. The molecule has 0 aromatic carbocycles. The molecule has 7 heteroatoms. The van der Waals surface area contributed by atoms with E-state index in [-0.39, 0.29) is 0 Å². The van der Waals surface area contributed by atoms with Gasteiger partial charge >= 0.3 is 0 Å². The van der Waals surface area contributed by atoms with Crippen LogP contribution >= 0.6 is 23.4 Å². The summed E-state index contributed by atoms with van der Waals surface area (Å²) in [6, 6.07) is 3.70. The van der Waals surface area contributed by atoms with E-state index in [4.69, 9.17) is 11.6 Å². The third-order valence-corrected chi connectivity index (χ3v) is 2.71. The Bertz CT molecular complexity index is 403. The molecule has 13 heavy (non-hydrogen) atoms. The molecule has 0 radical (unpaired) electrons. The van der Waals surface area contributed by atoms with E-state index in [1.165, 1.54) is 4.63 Å². The summed E-state index contributed by atoms with van der Waals surface area (Å²) in [6.45, 7) is 0. The predicted molar refractivity (Wildman–Crippen MR) is 50.0 cm³/mol. The van der Waals surface area contributed by atoms with Crippen molar-refractivity contribution in [2.45, 2.75) is 5.03 Å². The van der Waals surface area contributed by atoms with E-state index in [1.807, 2.05) is 12.1 Å². The summed E-state index contributed by atoms with van der Waals surface area (Å²) in [5.74, 6) is 1.45. The maximum absolute atomic E-state index is 5.55. The third-order valence-electron chi connectivity index (χ3n) is 1.37. The van der Waals surface area contributed by atoms with Gasteiger partial charge in [-0.2, -0.15) is 0 Å². The second kappa shape index (κ2) is 3.89. The number of rotatable bonds is 3. The highest BCUT2D eigenvalue weighted by Gasteiger charge is 2.00. The second-order valence-electron chi connectivity index (χ2n) is 2.24. The summed E-state index contributed by atoms with van der Waals surface area (Å²) in [5.41, 5.74) is 0.648. The lowest BCUT2D eigenvalue weighted by molar-refractivity contribution is 0.702. The van der Waals surface area contributed by atoms with Crippen LogP contribution in [0.25, 0.3) is 5.65 Å². The number of halogens is 1. The number of nitrogens with zero attached hydrogens (tertiary/aromatic N) is 5. The van der Waals surface area contributed by atoms with Crippen LogP contribution < -0.4 is 0 Å². The molecule has 0 saturated heterocycles. The standard InChI is InChI=1S/C6H6ClN5S/c7-3-4-13-6-2-1-5-8-10-11-12(5)9-6/h1-2H,3-4H2. The summed E-state index contributed by atoms with van der Waals surface area (Å²) >= 11 is 7.13. The van der Waals surface area contributed by atoms with E-state index in [1.54, 1.807) is 11.8 Å². The Labute approximate surface area is 83.5 Å². The molecule has 68 valence electrons. The molecule has 0 bridgehead atoms. The molecule has 0 saturated carbocycles. The number of aromatic nitrogens is 5. The molecule has 2 aromatic rings. The number of alkyl halides is 1. The number of tetrazole rings is 1. The van der Waals surface area contributed by atoms with Crippen LogP contribution in [-0.2, 0) is 0 Å². The Morgan fingerprint density at radius 2 is 2.38 bits per heavy atom. The van der Waals surface area contributed by atoms with Crippen molar-refractivity contribution in [3.63, 3.8) is 0 Å². The van der Waals surface area contributed by atoms with Crippen molar-refractivity contribution >= 4 is 29.0 Å². The summed E-state index contributed by atoms with van der Waals surface area (Å²) in [6.07, 6.45) is 0. The van der Waals surface area contributed by atoms with Crippen molar-refractivity contribution < 1.29 is 0 Å². The van der Waals surface area contributed by atoms with E-state index in [0.29, 0.717) is 11.5 Å². The zero-order chi connectivity index (χ0) is 9.10. The van der Waals surface area contributed by atoms with Crippen molar-refractivity contribution in [1.29, 1.82) is 0 Å². The van der Waals surface area contributed by atoms with Crippen LogP contribution in [0.5, 0.6) is 0 Å². The van der Waals surface area contributed by atoms with Crippen molar-refractivity contribution in [3.05, 3.63) is 12.1 Å². The highest BCUT2D eigenvalue weighted by atomic mass is 35.5. The first-order chi connectivity index (χ1) is 6.40. The van der Waals surface area contributed by atoms with Crippen LogP contribution in [0.15, 0.2) is 17.2 Å². The van der Waals surface area contributed by atoms with Crippen LogP contribution in [-0.4, -0.2) is 36.9 Å². The SMILES string of the molecule is ClCCSc1ccc2nnnn2n1. The smallest absolute Gasteiger partial charge is 0.140 e. The first-order valence-electron chi connectivity index (χ1n) is 3.64. The van der Waals surface area contributed by atoms with Crippen LogP contribution in [0.1, 0.15) is 0 Å². The Morgan fingerprint density at radius 1 is 1.46 bits per heavy atom. The van der Waals surface area contributed by atoms with Gasteiger partial charge in [0.2, 0.25) is 0 Å². The molecule has 0 spiro atoms. The maximum Gasteiger partial charge on any atom is 0.200 e. The quantitative estimate of drug-likeness (QED) is 0.561. The predicted octanol–water partition coefficient (Wildman–Crippen LogP) is 0.850. The average molecular weight is 216 g/mol. The molecule has 0 atom stereocenters. The van der Waals surface area contributed by atoms with E-state index in [2.05, 4.69) is 20.6 Å². The van der Waals surface area contributed by atoms with Gasteiger partial charge in [-0.05, 0) is 22.6 Å².